The molecule has 0 N–H and O–H groups in total. The minimum absolute atomic E-state index is 0.0473. The number of rotatable bonds is 3. The Bertz CT molecular complexity index is 515. The van der Waals surface area contributed by atoms with Crippen LogP contribution in [0.4, 0.5) is 13.2 Å². The minimum atomic E-state index is -4.62. The first-order valence-electron chi connectivity index (χ1n) is 6.59. The number of ether oxygens (including phenoxy) is 2. The molecule has 1 fully saturated rings. The molecular formula is C14H15ClF3NO3. The van der Waals surface area contributed by atoms with Gasteiger partial charge in [-0.2, -0.15) is 13.2 Å². The minimum Gasteiger partial charge on any atom is -0.376 e. The van der Waals surface area contributed by atoms with Crippen molar-refractivity contribution in [2.45, 2.75) is 18.3 Å². The number of amides is 1. The second-order valence-electron chi connectivity index (χ2n) is 4.88. The maximum Gasteiger partial charge on any atom is 0.413 e. The van der Waals surface area contributed by atoms with Crippen LogP contribution in [0, 0.1) is 0 Å². The van der Waals surface area contributed by atoms with E-state index in [1.165, 1.54) is 24.3 Å². The lowest BCUT2D eigenvalue weighted by atomic mass is 10.0. The second-order valence-corrected chi connectivity index (χ2v) is 5.32. The third kappa shape index (κ3) is 3.91. The van der Waals surface area contributed by atoms with Crippen molar-refractivity contribution in [3.8, 4) is 0 Å². The standard InChI is InChI=1S/C14H15ClF3NO3/c1-19(13(20)11-8-21-6-7-22-11)12(14(16,17)18)9-2-4-10(15)5-3-9/h2-5,11-12H,6-8H2,1H3. The molecule has 0 radical (unpaired) electrons. The van der Waals surface area contributed by atoms with E-state index < -0.39 is 24.2 Å². The van der Waals surface area contributed by atoms with Gasteiger partial charge in [-0.05, 0) is 17.7 Å². The van der Waals surface area contributed by atoms with E-state index in [9.17, 15) is 18.0 Å². The first kappa shape index (κ1) is 17.1. The Morgan fingerprint density at radius 3 is 2.45 bits per heavy atom. The van der Waals surface area contributed by atoms with Gasteiger partial charge in [0.05, 0.1) is 19.8 Å². The van der Waals surface area contributed by atoms with Crippen LogP contribution in [0.3, 0.4) is 0 Å². The zero-order valence-corrected chi connectivity index (χ0v) is 12.5. The van der Waals surface area contributed by atoms with Gasteiger partial charge in [-0.3, -0.25) is 4.79 Å². The number of benzene rings is 1. The molecule has 0 aliphatic carbocycles. The quantitative estimate of drug-likeness (QED) is 0.851. The summed E-state index contributed by atoms with van der Waals surface area (Å²) >= 11 is 5.70. The molecule has 4 nitrogen and oxygen atoms in total. The van der Waals surface area contributed by atoms with Gasteiger partial charge in [0.25, 0.3) is 5.91 Å². The van der Waals surface area contributed by atoms with E-state index in [2.05, 4.69) is 0 Å². The molecule has 8 heteroatoms. The largest absolute Gasteiger partial charge is 0.413 e. The monoisotopic (exact) mass is 337 g/mol. The molecule has 1 aromatic carbocycles. The second kappa shape index (κ2) is 6.85. The van der Waals surface area contributed by atoms with E-state index in [1.54, 1.807) is 0 Å². The van der Waals surface area contributed by atoms with Gasteiger partial charge in [0, 0.05) is 12.1 Å². The average molecular weight is 338 g/mol. The van der Waals surface area contributed by atoms with E-state index in [4.69, 9.17) is 21.1 Å². The van der Waals surface area contributed by atoms with Gasteiger partial charge in [-0.25, -0.2) is 0 Å². The number of likely N-dealkylation sites (N-methyl/N-ethyl adjacent to an activating group) is 1. The SMILES string of the molecule is CN(C(=O)C1COCCO1)C(c1ccc(Cl)cc1)C(F)(F)F. The number of halogens is 4. The lowest BCUT2D eigenvalue weighted by molar-refractivity contribution is -0.197. The molecule has 22 heavy (non-hydrogen) atoms. The fraction of sp³-hybridized carbons (Fsp3) is 0.500. The first-order chi connectivity index (χ1) is 10.3. The van der Waals surface area contributed by atoms with E-state index in [0.29, 0.717) is 16.5 Å². The van der Waals surface area contributed by atoms with Crippen molar-refractivity contribution in [3.63, 3.8) is 0 Å². The fourth-order valence-electron chi connectivity index (χ4n) is 2.26. The summed E-state index contributed by atoms with van der Waals surface area (Å²) in [5.74, 6) is -0.767. The van der Waals surface area contributed by atoms with Crippen LogP contribution in [0.1, 0.15) is 11.6 Å². The number of nitrogens with zero attached hydrogens (tertiary/aromatic N) is 1. The zero-order chi connectivity index (χ0) is 16.3. The molecule has 0 bridgehead atoms. The third-order valence-corrected chi connectivity index (χ3v) is 3.57. The molecule has 1 heterocycles. The summed E-state index contributed by atoms with van der Waals surface area (Å²) < 4.78 is 50.4. The lowest BCUT2D eigenvalue weighted by Gasteiger charge is -2.33. The van der Waals surface area contributed by atoms with Crippen LogP contribution in [0.2, 0.25) is 5.02 Å². The molecule has 1 aliphatic rings. The number of hydrogen-bond acceptors (Lipinski definition) is 3. The van der Waals surface area contributed by atoms with Crippen LogP contribution in [0.25, 0.3) is 0 Å². The Kier molecular flexibility index (Phi) is 5.31. The fourth-order valence-corrected chi connectivity index (χ4v) is 2.39. The Hall–Kier alpha value is -1.31. The summed E-state index contributed by atoms with van der Waals surface area (Å²) in [6.07, 6.45) is -5.63. The third-order valence-electron chi connectivity index (χ3n) is 3.32. The molecule has 1 aromatic rings. The summed E-state index contributed by atoms with van der Waals surface area (Å²) in [6, 6.07) is 3.15. The normalized spacial score (nSPS) is 20.5. The molecule has 2 atom stereocenters. The van der Waals surface area contributed by atoms with Gasteiger partial charge in [0.2, 0.25) is 0 Å². The highest BCUT2D eigenvalue weighted by molar-refractivity contribution is 6.30. The van der Waals surface area contributed by atoms with Crippen LogP contribution >= 0.6 is 11.6 Å². The summed E-state index contributed by atoms with van der Waals surface area (Å²) in [5, 5.41) is 0.322. The average Bonchev–Trinajstić information content (AvgIpc) is 2.48. The van der Waals surface area contributed by atoms with Crippen molar-refractivity contribution < 1.29 is 27.4 Å². The highest BCUT2D eigenvalue weighted by Gasteiger charge is 2.46. The van der Waals surface area contributed by atoms with E-state index in [1.807, 2.05) is 0 Å². The van der Waals surface area contributed by atoms with Gasteiger partial charge in [-0.15, -0.1) is 0 Å². The zero-order valence-electron chi connectivity index (χ0n) is 11.8. The number of carbonyl (C=O) groups excluding carboxylic acids is 1. The van der Waals surface area contributed by atoms with Crippen molar-refractivity contribution in [3.05, 3.63) is 34.9 Å². The van der Waals surface area contributed by atoms with Crippen molar-refractivity contribution in [2.24, 2.45) is 0 Å². The molecule has 2 rings (SSSR count). The van der Waals surface area contributed by atoms with Gasteiger partial charge < -0.3 is 14.4 Å². The molecule has 1 amide bonds. The number of hydrogen-bond donors (Lipinski definition) is 0. The molecular weight excluding hydrogens is 323 g/mol. The Morgan fingerprint density at radius 2 is 1.95 bits per heavy atom. The van der Waals surface area contributed by atoms with E-state index >= 15 is 0 Å². The predicted octanol–water partition coefficient (Wildman–Crippen LogP) is 2.82. The molecule has 0 spiro atoms. The van der Waals surface area contributed by atoms with E-state index in [0.717, 1.165) is 7.05 Å². The highest BCUT2D eigenvalue weighted by atomic mass is 35.5. The van der Waals surface area contributed by atoms with Gasteiger partial charge in [0.1, 0.15) is 0 Å². The maximum absolute atomic E-state index is 13.4. The number of carbonyl (C=O) groups is 1. The molecule has 122 valence electrons. The van der Waals surface area contributed by atoms with Crippen LogP contribution in [0.15, 0.2) is 24.3 Å². The van der Waals surface area contributed by atoms with Crippen LogP contribution < -0.4 is 0 Å². The predicted molar refractivity (Wildman–Crippen MR) is 73.6 cm³/mol. The summed E-state index contributed by atoms with van der Waals surface area (Å²) in [4.78, 5) is 12.9. The van der Waals surface area contributed by atoms with Crippen molar-refractivity contribution >= 4 is 17.5 Å². The summed E-state index contributed by atoms with van der Waals surface area (Å²) in [7, 11) is 1.10. The van der Waals surface area contributed by atoms with Crippen molar-refractivity contribution in [1.82, 2.24) is 4.90 Å². The summed E-state index contributed by atoms with van der Waals surface area (Å²) in [5.41, 5.74) is -0.0653. The first-order valence-corrected chi connectivity index (χ1v) is 6.96. The van der Waals surface area contributed by atoms with Crippen molar-refractivity contribution in [2.75, 3.05) is 26.9 Å². The van der Waals surface area contributed by atoms with E-state index in [-0.39, 0.29) is 18.8 Å². The Labute approximate surface area is 130 Å². The smallest absolute Gasteiger partial charge is 0.376 e. The van der Waals surface area contributed by atoms with Crippen LogP contribution in [0.5, 0.6) is 0 Å². The maximum atomic E-state index is 13.4. The van der Waals surface area contributed by atoms with Crippen molar-refractivity contribution in [1.29, 1.82) is 0 Å². The summed E-state index contributed by atoms with van der Waals surface area (Å²) in [6.45, 7) is 0.462. The highest BCUT2D eigenvalue weighted by Crippen LogP contribution is 2.37. The Balaban J connectivity index is 2.24. The molecule has 1 saturated heterocycles. The Morgan fingerprint density at radius 1 is 1.32 bits per heavy atom. The lowest BCUT2D eigenvalue weighted by Crippen LogP contribution is -2.48. The molecule has 0 saturated carbocycles. The molecule has 0 aromatic heterocycles. The van der Waals surface area contributed by atoms with Crippen LogP contribution in [-0.2, 0) is 14.3 Å². The number of alkyl halides is 3. The van der Waals surface area contributed by atoms with Gasteiger partial charge in [-0.1, -0.05) is 23.7 Å². The topological polar surface area (TPSA) is 38.8 Å². The van der Waals surface area contributed by atoms with Gasteiger partial charge >= 0.3 is 6.18 Å². The molecule has 2 unspecified atom stereocenters. The molecule has 1 aliphatic heterocycles. The van der Waals surface area contributed by atoms with Gasteiger partial charge in [0.15, 0.2) is 12.1 Å². The van der Waals surface area contributed by atoms with Crippen LogP contribution in [-0.4, -0.2) is 50.0 Å².